The first-order valence-electron chi connectivity index (χ1n) is 7.24. The molecule has 0 atom stereocenters. The number of halogens is 1. The largest absolute Gasteiger partial charge is 0.481 e. The number of rotatable bonds is 4. The van der Waals surface area contributed by atoms with Gasteiger partial charge >= 0.3 is 0 Å². The zero-order valence-electron chi connectivity index (χ0n) is 12.4. The van der Waals surface area contributed by atoms with Gasteiger partial charge in [-0.1, -0.05) is 11.6 Å². The molecule has 0 bridgehead atoms. The molecule has 1 saturated heterocycles. The van der Waals surface area contributed by atoms with Crippen molar-refractivity contribution in [3.05, 3.63) is 35.7 Å². The minimum Gasteiger partial charge on any atom is -0.481 e. The molecular weight excluding hydrogens is 302 g/mol. The van der Waals surface area contributed by atoms with Crippen molar-refractivity contribution in [1.29, 1.82) is 0 Å². The van der Waals surface area contributed by atoms with E-state index < -0.39 is 0 Å². The van der Waals surface area contributed by atoms with Gasteiger partial charge in [-0.25, -0.2) is 15.0 Å². The molecule has 1 aliphatic rings. The van der Waals surface area contributed by atoms with Crippen molar-refractivity contribution in [2.45, 2.75) is 18.9 Å². The average Bonchev–Trinajstić information content (AvgIpc) is 2.56. The molecule has 3 rings (SSSR count). The number of ether oxygens (including phenoxy) is 1. The maximum Gasteiger partial charge on any atom is 0.218 e. The summed E-state index contributed by atoms with van der Waals surface area (Å²) < 4.78 is 5.11. The van der Waals surface area contributed by atoms with Crippen LogP contribution in [-0.2, 0) is 0 Å². The second-order valence-corrected chi connectivity index (χ2v) is 5.57. The van der Waals surface area contributed by atoms with E-state index in [9.17, 15) is 0 Å². The lowest BCUT2D eigenvalue weighted by Gasteiger charge is -2.33. The quantitative estimate of drug-likeness (QED) is 0.934. The van der Waals surface area contributed by atoms with Gasteiger partial charge in [-0.2, -0.15) is 0 Å². The third kappa shape index (κ3) is 3.39. The van der Waals surface area contributed by atoms with Crippen LogP contribution in [0.15, 0.2) is 30.7 Å². The first-order valence-corrected chi connectivity index (χ1v) is 7.62. The van der Waals surface area contributed by atoms with Crippen molar-refractivity contribution in [2.24, 2.45) is 0 Å². The minimum atomic E-state index is 0.373. The second-order valence-electron chi connectivity index (χ2n) is 5.16. The number of anilines is 2. The molecule has 0 radical (unpaired) electrons. The summed E-state index contributed by atoms with van der Waals surface area (Å²) in [6.45, 7) is 1.83. The second kappa shape index (κ2) is 6.79. The highest BCUT2D eigenvalue weighted by Gasteiger charge is 2.21. The van der Waals surface area contributed by atoms with Gasteiger partial charge in [0, 0.05) is 31.4 Å². The third-order valence-electron chi connectivity index (χ3n) is 3.74. The van der Waals surface area contributed by atoms with Gasteiger partial charge in [0.1, 0.15) is 18.0 Å². The van der Waals surface area contributed by atoms with E-state index in [1.54, 1.807) is 13.3 Å². The summed E-state index contributed by atoms with van der Waals surface area (Å²) >= 11 is 6.21. The van der Waals surface area contributed by atoms with E-state index in [2.05, 4.69) is 25.2 Å². The van der Waals surface area contributed by atoms with Crippen LogP contribution in [0.5, 0.6) is 5.88 Å². The summed E-state index contributed by atoms with van der Waals surface area (Å²) in [5.41, 5.74) is 0. The molecule has 22 heavy (non-hydrogen) atoms. The molecule has 0 amide bonds. The number of piperidine rings is 1. The summed E-state index contributed by atoms with van der Waals surface area (Å²) in [6, 6.07) is 5.91. The number of nitrogens with zero attached hydrogens (tertiary/aromatic N) is 4. The lowest BCUT2D eigenvalue weighted by atomic mass is 10.1. The summed E-state index contributed by atoms with van der Waals surface area (Å²) in [5, 5.41) is 4.13. The van der Waals surface area contributed by atoms with Gasteiger partial charge in [-0.05, 0) is 25.0 Å². The van der Waals surface area contributed by atoms with E-state index in [1.807, 2.05) is 18.2 Å². The van der Waals surface area contributed by atoms with Gasteiger partial charge in [-0.3, -0.25) is 0 Å². The van der Waals surface area contributed by atoms with Gasteiger partial charge in [-0.15, -0.1) is 0 Å². The highest BCUT2D eigenvalue weighted by Crippen LogP contribution is 2.26. The van der Waals surface area contributed by atoms with Crippen LogP contribution in [0.1, 0.15) is 12.8 Å². The third-order valence-corrected chi connectivity index (χ3v) is 4.03. The Morgan fingerprint density at radius 2 is 2.09 bits per heavy atom. The molecular formula is C15H18ClN5O. The summed E-state index contributed by atoms with van der Waals surface area (Å²) in [7, 11) is 1.60. The highest BCUT2D eigenvalue weighted by molar-refractivity contribution is 6.32. The maximum absolute atomic E-state index is 6.21. The van der Waals surface area contributed by atoms with Crippen molar-refractivity contribution in [3.8, 4) is 5.88 Å². The lowest BCUT2D eigenvalue weighted by molar-refractivity contribution is 0.397. The Bertz CT molecular complexity index is 631. The Hall–Kier alpha value is -2.08. The van der Waals surface area contributed by atoms with Crippen LogP contribution in [0.3, 0.4) is 0 Å². The first-order chi connectivity index (χ1) is 10.8. The fourth-order valence-electron chi connectivity index (χ4n) is 2.58. The number of aromatic nitrogens is 3. The molecule has 1 aliphatic heterocycles. The normalized spacial score (nSPS) is 15.6. The molecule has 0 aliphatic carbocycles. The van der Waals surface area contributed by atoms with Crippen LogP contribution in [0.2, 0.25) is 5.02 Å². The van der Waals surface area contributed by atoms with Crippen LogP contribution in [0, 0.1) is 0 Å². The Morgan fingerprint density at radius 1 is 1.27 bits per heavy atom. The molecule has 6 nitrogen and oxygen atoms in total. The van der Waals surface area contributed by atoms with E-state index in [0.29, 0.717) is 16.9 Å². The number of nitrogens with one attached hydrogen (secondary N) is 1. The highest BCUT2D eigenvalue weighted by atomic mass is 35.5. The van der Waals surface area contributed by atoms with Crippen molar-refractivity contribution in [3.63, 3.8) is 0 Å². The van der Waals surface area contributed by atoms with Crippen LogP contribution in [0.25, 0.3) is 0 Å². The molecule has 1 N–H and O–H groups in total. The molecule has 0 unspecified atom stereocenters. The van der Waals surface area contributed by atoms with Crippen molar-refractivity contribution in [1.82, 2.24) is 15.0 Å². The summed E-state index contributed by atoms with van der Waals surface area (Å²) in [4.78, 5) is 14.8. The SMILES string of the molecule is COc1cc(NC2CCN(c3ncccc3Cl)CC2)ncn1. The molecule has 0 spiro atoms. The number of methoxy groups -OCH3 is 1. The summed E-state index contributed by atoms with van der Waals surface area (Å²) in [6.07, 6.45) is 5.28. The van der Waals surface area contributed by atoms with E-state index in [-0.39, 0.29) is 0 Å². The van der Waals surface area contributed by atoms with E-state index in [1.165, 1.54) is 6.33 Å². The topological polar surface area (TPSA) is 63.2 Å². The van der Waals surface area contributed by atoms with E-state index >= 15 is 0 Å². The molecule has 0 aromatic carbocycles. The Balaban J connectivity index is 1.59. The van der Waals surface area contributed by atoms with Crippen LogP contribution < -0.4 is 15.0 Å². The minimum absolute atomic E-state index is 0.373. The Labute approximate surface area is 134 Å². The smallest absolute Gasteiger partial charge is 0.218 e. The molecule has 0 saturated carbocycles. The monoisotopic (exact) mass is 319 g/mol. The number of pyridine rings is 1. The van der Waals surface area contributed by atoms with Crippen LogP contribution in [-0.4, -0.2) is 41.2 Å². The van der Waals surface area contributed by atoms with Crippen LogP contribution >= 0.6 is 11.6 Å². The fraction of sp³-hybridized carbons (Fsp3) is 0.400. The van der Waals surface area contributed by atoms with Gasteiger partial charge < -0.3 is 15.0 Å². The molecule has 116 valence electrons. The lowest BCUT2D eigenvalue weighted by Crippen LogP contribution is -2.39. The summed E-state index contributed by atoms with van der Waals surface area (Å²) in [5.74, 6) is 2.22. The van der Waals surface area contributed by atoms with Crippen molar-refractivity contribution < 1.29 is 4.74 Å². The van der Waals surface area contributed by atoms with Gasteiger partial charge in [0.15, 0.2) is 0 Å². The van der Waals surface area contributed by atoms with E-state index in [4.69, 9.17) is 16.3 Å². The average molecular weight is 320 g/mol. The Kier molecular flexibility index (Phi) is 4.58. The van der Waals surface area contributed by atoms with Gasteiger partial charge in [0.05, 0.1) is 12.1 Å². The maximum atomic E-state index is 6.21. The molecule has 3 heterocycles. The first kappa shape index (κ1) is 14.8. The van der Waals surface area contributed by atoms with Gasteiger partial charge in [0.2, 0.25) is 5.88 Å². The van der Waals surface area contributed by atoms with Crippen molar-refractivity contribution >= 4 is 23.2 Å². The predicted octanol–water partition coefficient (Wildman–Crippen LogP) is 2.61. The molecule has 2 aromatic heterocycles. The predicted molar refractivity (Wildman–Crippen MR) is 86.7 cm³/mol. The zero-order valence-corrected chi connectivity index (χ0v) is 13.1. The Morgan fingerprint density at radius 3 is 2.82 bits per heavy atom. The fourth-order valence-corrected chi connectivity index (χ4v) is 2.83. The molecule has 7 heteroatoms. The standard InChI is InChI=1S/C15H18ClN5O/c1-22-14-9-13(18-10-19-14)20-11-4-7-21(8-5-11)15-12(16)3-2-6-17-15/h2-3,6,9-11H,4-5,7-8H2,1H3,(H,18,19,20). The van der Waals surface area contributed by atoms with E-state index in [0.717, 1.165) is 37.6 Å². The van der Waals surface area contributed by atoms with Crippen LogP contribution in [0.4, 0.5) is 11.6 Å². The molecule has 1 fully saturated rings. The van der Waals surface area contributed by atoms with Crippen molar-refractivity contribution in [2.75, 3.05) is 30.4 Å². The van der Waals surface area contributed by atoms with Gasteiger partial charge in [0.25, 0.3) is 0 Å². The zero-order chi connectivity index (χ0) is 15.4. The number of hydrogen-bond acceptors (Lipinski definition) is 6. The molecule has 2 aromatic rings. The number of hydrogen-bond donors (Lipinski definition) is 1.